The number of hydrogen-bond acceptors (Lipinski definition) is 7. The second-order valence-corrected chi connectivity index (χ2v) is 9.55. The van der Waals surface area contributed by atoms with Crippen molar-refractivity contribution in [2.45, 2.75) is 38.3 Å². The molecule has 4 rings (SSSR count). The standard InChI is InChI=1S/C24H27N5O5S/c1-4-12-29-23-20(15-25-29)24(30)28-22(27-23)19-13-18(10-11-21(19)34-5-2)35(31,32)26-14-16-6-8-17(33-3)9-7-16/h6-11,13,15,26H,4-5,12,14H2,1-3H3,(H,27,28,30). The van der Waals surface area contributed by atoms with E-state index >= 15 is 0 Å². The van der Waals surface area contributed by atoms with E-state index in [0.29, 0.717) is 41.2 Å². The van der Waals surface area contributed by atoms with Crippen molar-refractivity contribution < 1.29 is 17.9 Å². The Hall–Kier alpha value is -3.70. The van der Waals surface area contributed by atoms with Crippen LogP contribution < -0.4 is 19.8 Å². The number of nitrogens with one attached hydrogen (secondary N) is 2. The van der Waals surface area contributed by atoms with Crippen molar-refractivity contribution in [3.63, 3.8) is 0 Å². The minimum Gasteiger partial charge on any atom is -0.497 e. The van der Waals surface area contributed by atoms with Gasteiger partial charge in [0.15, 0.2) is 5.65 Å². The molecule has 0 spiro atoms. The summed E-state index contributed by atoms with van der Waals surface area (Å²) in [5.74, 6) is 1.30. The first-order chi connectivity index (χ1) is 16.9. The van der Waals surface area contributed by atoms with Crippen LogP contribution in [-0.4, -0.2) is 41.9 Å². The van der Waals surface area contributed by atoms with Crippen molar-refractivity contribution in [2.24, 2.45) is 0 Å². The molecular formula is C24H27N5O5S. The number of benzene rings is 2. The number of methoxy groups -OCH3 is 1. The molecule has 0 radical (unpaired) electrons. The minimum absolute atomic E-state index is 0.0225. The maximum Gasteiger partial charge on any atom is 0.262 e. The number of rotatable bonds is 10. The average Bonchev–Trinajstić information content (AvgIpc) is 3.27. The van der Waals surface area contributed by atoms with E-state index < -0.39 is 10.0 Å². The lowest BCUT2D eigenvalue weighted by Gasteiger charge is -2.13. The molecule has 184 valence electrons. The summed E-state index contributed by atoms with van der Waals surface area (Å²) in [5.41, 5.74) is 1.21. The van der Waals surface area contributed by atoms with Gasteiger partial charge in [-0.15, -0.1) is 0 Å². The fraction of sp³-hybridized carbons (Fsp3) is 0.292. The molecule has 0 saturated carbocycles. The number of H-pyrrole nitrogens is 1. The van der Waals surface area contributed by atoms with Crippen LogP contribution in [-0.2, 0) is 23.1 Å². The maximum absolute atomic E-state index is 13.1. The van der Waals surface area contributed by atoms with Crippen molar-refractivity contribution >= 4 is 21.1 Å². The fourth-order valence-corrected chi connectivity index (χ4v) is 4.66. The largest absolute Gasteiger partial charge is 0.497 e. The fourth-order valence-electron chi connectivity index (χ4n) is 3.62. The smallest absolute Gasteiger partial charge is 0.262 e. The van der Waals surface area contributed by atoms with Crippen LogP contribution in [0.4, 0.5) is 0 Å². The molecule has 0 bridgehead atoms. The lowest BCUT2D eigenvalue weighted by molar-refractivity contribution is 0.341. The number of aryl methyl sites for hydroxylation is 1. The van der Waals surface area contributed by atoms with E-state index in [4.69, 9.17) is 9.47 Å². The van der Waals surface area contributed by atoms with Gasteiger partial charge in [0, 0.05) is 13.1 Å². The molecule has 0 aliphatic rings. The molecule has 11 heteroatoms. The van der Waals surface area contributed by atoms with Crippen LogP contribution in [0.5, 0.6) is 11.5 Å². The Morgan fingerprint density at radius 1 is 1.11 bits per heavy atom. The van der Waals surface area contributed by atoms with Gasteiger partial charge in [0.1, 0.15) is 22.7 Å². The molecule has 0 aliphatic carbocycles. The van der Waals surface area contributed by atoms with Crippen LogP contribution >= 0.6 is 0 Å². The van der Waals surface area contributed by atoms with Gasteiger partial charge in [0.2, 0.25) is 10.0 Å². The van der Waals surface area contributed by atoms with E-state index in [1.807, 2.05) is 13.8 Å². The van der Waals surface area contributed by atoms with Crippen molar-refractivity contribution in [3.05, 3.63) is 64.6 Å². The van der Waals surface area contributed by atoms with Crippen LogP contribution in [0.15, 0.2) is 58.4 Å². The maximum atomic E-state index is 13.1. The molecule has 2 heterocycles. The topological polar surface area (TPSA) is 128 Å². The van der Waals surface area contributed by atoms with Crippen LogP contribution in [0, 0.1) is 0 Å². The van der Waals surface area contributed by atoms with Gasteiger partial charge in [0.25, 0.3) is 5.56 Å². The molecule has 0 aliphatic heterocycles. The second kappa shape index (κ2) is 10.3. The molecule has 2 aromatic carbocycles. The SMILES string of the molecule is CCCn1ncc2c(=O)[nH]c(-c3cc(S(=O)(=O)NCc4ccc(OC)cc4)ccc3OCC)nc21. The molecular weight excluding hydrogens is 470 g/mol. The van der Waals surface area contributed by atoms with E-state index in [0.717, 1.165) is 12.0 Å². The Morgan fingerprint density at radius 3 is 2.57 bits per heavy atom. The first kappa shape index (κ1) is 24.4. The molecule has 0 fully saturated rings. The van der Waals surface area contributed by atoms with Crippen LogP contribution in [0.2, 0.25) is 0 Å². The second-order valence-electron chi connectivity index (χ2n) is 7.78. The number of hydrogen-bond donors (Lipinski definition) is 2. The summed E-state index contributed by atoms with van der Waals surface area (Å²) >= 11 is 0. The van der Waals surface area contributed by atoms with Gasteiger partial charge in [-0.25, -0.2) is 22.8 Å². The highest BCUT2D eigenvalue weighted by Gasteiger charge is 2.20. The van der Waals surface area contributed by atoms with Gasteiger partial charge in [0.05, 0.1) is 30.4 Å². The highest BCUT2D eigenvalue weighted by Crippen LogP contribution is 2.31. The monoisotopic (exact) mass is 497 g/mol. The van der Waals surface area contributed by atoms with Crippen LogP contribution in [0.25, 0.3) is 22.4 Å². The summed E-state index contributed by atoms with van der Waals surface area (Å²) in [6.45, 7) is 4.88. The predicted octanol–water partition coefficient (Wildman–Crippen LogP) is 3.08. The van der Waals surface area contributed by atoms with Gasteiger partial charge < -0.3 is 14.5 Å². The van der Waals surface area contributed by atoms with E-state index in [1.54, 1.807) is 42.1 Å². The van der Waals surface area contributed by atoms with E-state index in [9.17, 15) is 13.2 Å². The van der Waals surface area contributed by atoms with Crippen molar-refractivity contribution in [1.29, 1.82) is 0 Å². The summed E-state index contributed by atoms with van der Waals surface area (Å²) in [6, 6.07) is 11.6. The quantitative estimate of drug-likeness (QED) is 0.345. The summed E-state index contributed by atoms with van der Waals surface area (Å²) in [6.07, 6.45) is 2.30. The number of sulfonamides is 1. The van der Waals surface area contributed by atoms with Gasteiger partial charge in [-0.2, -0.15) is 5.10 Å². The zero-order chi connectivity index (χ0) is 25.0. The van der Waals surface area contributed by atoms with E-state index in [-0.39, 0.29) is 22.8 Å². The van der Waals surface area contributed by atoms with Crippen molar-refractivity contribution in [2.75, 3.05) is 13.7 Å². The molecule has 10 nitrogen and oxygen atoms in total. The van der Waals surface area contributed by atoms with E-state index in [2.05, 4.69) is 19.8 Å². The molecule has 0 saturated heterocycles. The van der Waals surface area contributed by atoms with Gasteiger partial charge >= 0.3 is 0 Å². The Kier molecular flexibility index (Phi) is 7.17. The van der Waals surface area contributed by atoms with Crippen LogP contribution in [0.3, 0.4) is 0 Å². The molecule has 4 aromatic rings. The first-order valence-electron chi connectivity index (χ1n) is 11.2. The number of nitrogens with zero attached hydrogens (tertiary/aromatic N) is 3. The minimum atomic E-state index is -3.87. The Labute approximate surface area is 203 Å². The third-order valence-electron chi connectivity index (χ3n) is 5.38. The number of fused-ring (bicyclic) bond motifs is 1. The van der Waals surface area contributed by atoms with Gasteiger partial charge in [-0.05, 0) is 49.2 Å². The Morgan fingerprint density at radius 2 is 1.89 bits per heavy atom. The lowest BCUT2D eigenvalue weighted by atomic mass is 10.2. The molecule has 0 amide bonds. The highest BCUT2D eigenvalue weighted by molar-refractivity contribution is 7.89. The number of aromatic amines is 1. The molecule has 35 heavy (non-hydrogen) atoms. The summed E-state index contributed by atoms with van der Waals surface area (Å²) in [4.78, 5) is 20.1. The molecule has 0 atom stereocenters. The van der Waals surface area contributed by atoms with E-state index in [1.165, 1.54) is 18.3 Å². The van der Waals surface area contributed by atoms with Crippen molar-refractivity contribution in [1.82, 2.24) is 24.5 Å². The molecule has 2 N–H and O–H groups in total. The first-order valence-corrected chi connectivity index (χ1v) is 12.7. The van der Waals surface area contributed by atoms with Gasteiger partial charge in [-0.3, -0.25) is 4.79 Å². The summed E-state index contributed by atoms with van der Waals surface area (Å²) < 4.78 is 41.3. The Bertz CT molecular complexity index is 1490. The average molecular weight is 498 g/mol. The zero-order valence-corrected chi connectivity index (χ0v) is 20.6. The zero-order valence-electron chi connectivity index (χ0n) is 19.7. The van der Waals surface area contributed by atoms with Crippen molar-refractivity contribution in [3.8, 4) is 22.9 Å². The third kappa shape index (κ3) is 5.20. The normalized spacial score (nSPS) is 11.6. The summed E-state index contributed by atoms with van der Waals surface area (Å²) in [7, 11) is -2.30. The van der Waals surface area contributed by atoms with Gasteiger partial charge in [-0.1, -0.05) is 19.1 Å². The summed E-state index contributed by atoms with van der Waals surface area (Å²) in [5, 5.41) is 4.62. The number of ether oxygens (including phenoxy) is 2. The lowest BCUT2D eigenvalue weighted by Crippen LogP contribution is -2.23. The predicted molar refractivity (Wildman–Crippen MR) is 132 cm³/mol. The molecule has 0 unspecified atom stereocenters. The number of aromatic nitrogens is 4. The third-order valence-corrected chi connectivity index (χ3v) is 6.78. The Balaban J connectivity index is 1.72. The highest BCUT2D eigenvalue weighted by atomic mass is 32.2. The molecule has 2 aromatic heterocycles. The van der Waals surface area contributed by atoms with Crippen LogP contribution in [0.1, 0.15) is 25.8 Å².